The van der Waals surface area contributed by atoms with Crippen LogP contribution in [-0.2, 0) is 0 Å². The molecule has 0 aliphatic rings. The molecule has 3 aromatic rings. The Bertz CT molecular complexity index is 841. The minimum atomic E-state index is -1.31. The highest BCUT2D eigenvalue weighted by Gasteiger charge is 2.14. The summed E-state index contributed by atoms with van der Waals surface area (Å²) in [5.41, 5.74) is 1.34. The van der Waals surface area contributed by atoms with Crippen molar-refractivity contribution in [2.45, 2.75) is 0 Å². The van der Waals surface area contributed by atoms with Crippen LogP contribution in [0.2, 0.25) is 0 Å². The predicted octanol–water partition coefficient (Wildman–Crippen LogP) is 3.03. The quantitative estimate of drug-likeness (QED) is 0.802. The second-order valence-electron chi connectivity index (χ2n) is 4.83. The highest BCUT2D eigenvalue weighted by atomic mass is 32.1. The van der Waals surface area contributed by atoms with Crippen LogP contribution in [0.25, 0.3) is 10.4 Å². The summed E-state index contributed by atoms with van der Waals surface area (Å²) in [4.78, 5) is 24.3. The molecule has 0 unspecified atom stereocenters. The molecule has 0 saturated carbocycles. The van der Waals surface area contributed by atoms with Gasteiger partial charge in [-0.1, -0.05) is 48.5 Å². The first-order chi connectivity index (χ1) is 11.1. The molecule has 1 N–H and O–H groups in total. The molecule has 0 aliphatic heterocycles. The second kappa shape index (κ2) is 6.46. The van der Waals surface area contributed by atoms with Gasteiger partial charge in [-0.2, -0.15) is 0 Å². The Morgan fingerprint density at radius 1 is 0.913 bits per heavy atom. The van der Waals surface area contributed by atoms with Gasteiger partial charge in [0.2, 0.25) is 0 Å². The summed E-state index contributed by atoms with van der Waals surface area (Å²) in [6, 6.07) is 19.6. The van der Waals surface area contributed by atoms with Gasteiger partial charge in [0.05, 0.1) is 5.97 Å². The first kappa shape index (κ1) is 15.0. The lowest BCUT2D eigenvalue weighted by Crippen LogP contribution is -2.23. The van der Waals surface area contributed by atoms with Crippen LogP contribution in [0.3, 0.4) is 0 Å². The molecule has 0 atom stereocenters. The number of amides is 1. The van der Waals surface area contributed by atoms with E-state index in [4.69, 9.17) is 0 Å². The molecule has 0 radical (unpaired) electrons. The summed E-state index contributed by atoms with van der Waals surface area (Å²) in [6.45, 7) is 0. The van der Waals surface area contributed by atoms with Gasteiger partial charge in [-0.15, -0.1) is 11.3 Å². The van der Waals surface area contributed by atoms with E-state index < -0.39 is 5.97 Å². The van der Waals surface area contributed by atoms with Crippen LogP contribution < -0.4 is 10.4 Å². The molecule has 0 spiro atoms. The topological polar surface area (TPSA) is 69.2 Å². The fourth-order valence-corrected chi connectivity index (χ4v) is 3.19. The molecule has 0 fully saturated rings. The van der Waals surface area contributed by atoms with Crippen LogP contribution in [-0.4, -0.2) is 11.9 Å². The molecule has 4 nitrogen and oxygen atoms in total. The van der Waals surface area contributed by atoms with Crippen LogP contribution in [0, 0.1) is 0 Å². The van der Waals surface area contributed by atoms with E-state index in [0.29, 0.717) is 5.56 Å². The number of nitrogens with one attached hydrogen (secondary N) is 1. The zero-order valence-corrected chi connectivity index (χ0v) is 12.8. The normalized spacial score (nSPS) is 10.3. The number of anilines is 1. The highest BCUT2D eigenvalue weighted by Crippen LogP contribution is 2.35. The lowest BCUT2D eigenvalue weighted by molar-refractivity contribution is -0.254. The maximum absolute atomic E-state index is 12.2. The summed E-state index contributed by atoms with van der Waals surface area (Å²) in [6.07, 6.45) is 0. The summed E-state index contributed by atoms with van der Waals surface area (Å²) >= 11 is 1.21. The van der Waals surface area contributed by atoms with E-state index in [1.165, 1.54) is 17.4 Å². The number of aromatic carboxylic acids is 1. The molecule has 2 aromatic carbocycles. The molecule has 1 heterocycles. The van der Waals surface area contributed by atoms with E-state index in [-0.39, 0.29) is 16.5 Å². The molecule has 0 bridgehead atoms. The number of carbonyl (C=O) groups is 2. The lowest BCUT2D eigenvalue weighted by atomic mass is 10.1. The average Bonchev–Trinajstić information content (AvgIpc) is 3.00. The van der Waals surface area contributed by atoms with Crippen LogP contribution in [0.15, 0.2) is 66.7 Å². The zero-order chi connectivity index (χ0) is 16.2. The standard InChI is InChI=1S/C18H13NO3S/c20-16(13-9-5-2-6-10-13)19-17-14(18(21)22)11-15(23-17)12-7-3-1-4-8-12/h1-11H,(H,19,20)(H,21,22)/p-1. The average molecular weight is 322 g/mol. The van der Waals surface area contributed by atoms with E-state index in [1.54, 1.807) is 24.3 Å². The molecular weight excluding hydrogens is 310 g/mol. The smallest absolute Gasteiger partial charge is 0.256 e. The third-order valence-corrected chi connectivity index (χ3v) is 4.37. The van der Waals surface area contributed by atoms with E-state index in [9.17, 15) is 14.7 Å². The van der Waals surface area contributed by atoms with Crippen molar-refractivity contribution in [1.29, 1.82) is 0 Å². The van der Waals surface area contributed by atoms with Gasteiger partial charge >= 0.3 is 0 Å². The molecular formula is C18H12NO3S-. The summed E-state index contributed by atoms with van der Waals surface area (Å²) in [5.74, 6) is -1.67. The van der Waals surface area contributed by atoms with Gasteiger partial charge in [-0.25, -0.2) is 0 Å². The molecule has 114 valence electrons. The number of benzene rings is 2. The maximum atomic E-state index is 12.2. The fraction of sp³-hybridized carbons (Fsp3) is 0. The van der Waals surface area contributed by atoms with Crippen molar-refractivity contribution in [3.05, 3.63) is 77.9 Å². The Kier molecular flexibility index (Phi) is 4.21. The van der Waals surface area contributed by atoms with Crippen molar-refractivity contribution in [2.24, 2.45) is 0 Å². The van der Waals surface area contributed by atoms with Crippen molar-refractivity contribution >= 4 is 28.2 Å². The van der Waals surface area contributed by atoms with Gasteiger partial charge in [0.25, 0.3) is 5.91 Å². The predicted molar refractivity (Wildman–Crippen MR) is 88.5 cm³/mol. The number of rotatable bonds is 4. The number of carbonyl (C=O) groups excluding carboxylic acids is 2. The summed E-state index contributed by atoms with van der Waals surface area (Å²) in [5, 5.41) is 14.3. The monoisotopic (exact) mass is 322 g/mol. The van der Waals surface area contributed by atoms with Crippen LogP contribution >= 0.6 is 11.3 Å². The van der Waals surface area contributed by atoms with E-state index in [1.807, 2.05) is 36.4 Å². The van der Waals surface area contributed by atoms with Gasteiger partial charge in [0.15, 0.2) is 0 Å². The van der Waals surface area contributed by atoms with Gasteiger partial charge in [0, 0.05) is 16.0 Å². The van der Waals surface area contributed by atoms with Crippen molar-refractivity contribution in [3.8, 4) is 10.4 Å². The van der Waals surface area contributed by atoms with E-state index in [0.717, 1.165) is 10.4 Å². The molecule has 3 rings (SSSR count). The minimum absolute atomic E-state index is 0.0156. The second-order valence-corrected chi connectivity index (χ2v) is 5.88. The van der Waals surface area contributed by atoms with Crippen molar-refractivity contribution in [3.63, 3.8) is 0 Å². The van der Waals surface area contributed by atoms with Crippen LogP contribution in [0.5, 0.6) is 0 Å². The number of carboxylic acids is 1. The lowest BCUT2D eigenvalue weighted by Gasteiger charge is -2.06. The molecule has 23 heavy (non-hydrogen) atoms. The van der Waals surface area contributed by atoms with Gasteiger partial charge < -0.3 is 15.2 Å². The van der Waals surface area contributed by atoms with Crippen molar-refractivity contribution < 1.29 is 14.7 Å². The van der Waals surface area contributed by atoms with Gasteiger partial charge in [-0.05, 0) is 23.8 Å². The summed E-state index contributed by atoms with van der Waals surface area (Å²) in [7, 11) is 0. The zero-order valence-electron chi connectivity index (χ0n) is 12.0. The number of hydrogen-bond donors (Lipinski definition) is 1. The summed E-state index contributed by atoms with van der Waals surface area (Å²) < 4.78 is 0. The molecule has 1 amide bonds. The largest absolute Gasteiger partial charge is 0.545 e. The Morgan fingerprint density at radius 3 is 2.13 bits per heavy atom. The number of thiophene rings is 1. The third-order valence-electron chi connectivity index (χ3n) is 3.27. The van der Waals surface area contributed by atoms with E-state index >= 15 is 0 Å². The van der Waals surface area contributed by atoms with Crippen molar-refractivity contribution in [2.75, 3.05) is 5.32 Å². The highest BCUT2D eigenvalue weighted by molar-refractivity contribution is 7.20. The SMILES string of the molecule is O=C(Nc1sc(-c2ccccc2)cc1C(=O)[O-])c1ccccc1. The van der Waals surface area contributed by atoms with E-state index in [2.05, 4.69) is 5.32 Å². The molecule has 5 heteroatoms. The fourth-order valence-electron chi connectivity index (χ4n) is 2.15. The number of hydrogen-bond acceptors (Lipinski definition) is 4. The molecule has 1 aromatic heterocycles. The Hall–Kier alpha value is -2.92. The third kappa shape index (κ3) is 3.30. The number of carboxylic acid groups (broad SMARTS) is 1. The Labute approximate surface area is 137 Å². The van der Waals surface area contributed by atoms with Crippen LogP contribution in [0.4, 0.5) is 5.00 Å². The van der Waals surface area contributed by atoms with Gasteiger partial charge in [-0.3, -0.25) is 4.79 Å². The Balaban J connectivity index is 1.94. The first-order valence-corrected chi connectivity index (χ1v) is 7.74. The Morgan fingerprint density at radius 2 is 1.52 bits per heavy atom. The molecule has 0 saturated heterocycles. The van der Waals surface area contributed by atoms with Crippen molar-refractivity contribution in [1.82, 2.24) is 0 Å². The van der Waals surface area contributed by atoms with Crippen LogP contribution in [0.1, 0.15) is 20.7 Å². The molecule has 0 aliphatic carbocycles. The first-order valence-electron chi connectivity index (χ1n) is 6.92. The minimum Gasteiger partial charge on any atom is -0.545 e. The van der Waals surface area contributed by atoms with Gasteiger partial charge in [0.1, 0.15) is 5.00 Å². The maximum Gasteiger partial charge on any atom is 0.256 e.